The van der Waals surface area contributed by atoms with Gasteiger partial charge < -0.3 is 19.7 Å². The van der Waals surface area contributed by atoms with Gasteiger partial charge >= 0.3 is 11.9 Å². The minimum Gasteiger partial charge on any atom is -0.506 e. The quantitative estimate of drug-likeness (QED) is 0.642. The molecule has 104 valence electrons. The van der Waals surface area contributed by atoms with E-state index in [1.54, 1.807) is 12.1 Å². The number of ether oxygens (including phenoxy) is 2. The van der Waals surface area contributed by atoms with E-state index in [2.05, 4.69) is 9.47 Å². The number of aromatic hydroxyl groups is 2. The number of hydrogen-bond acceptors (Lipinski definition) is 6. The van der Waals surface area contributed by atoms with Crippen LogP contribution in [0.4, 0.5) is 0 Å². The Kier molecular flexibility index (Phi) is 3.47. The molecule has 2 rings (SSSR count). The summed E-state index contributed by atoms with van der Waals surface area (Å²) in [5, 5.41) is 20.8. The van der Waals surface area contributed by atoms with Gasteiger partial charge in [0.1, 0.15) is 22.6 Å². The van der Waals surface area contributed by atoms with E-state index in [9.17, 15) is 19.8 Å². The van der Waals surface area contributed by atoms with E-state index in [0.717, 1.165) is 14.2 Å². The summed E-state index contributed by atoms with van der Waals surface area (Å²) >= 11 is 0. The van der Waals surface area contributed by atoms with Crippen LogP contribution in [0.5, 0.6) is 11.5 Å². The predicted octanol–water partition coefficient (Wildman–Crippen LogP) is 1.82. The molecular weight excluding hydrogens is 264 g/mol. The predicted molar refractivity (Wildman–Crippen MR) is 70.0 cm³/mol. The van der Waals surface area contributed by atoms with Crippen LogP contribution in [0.25, 0.3) is 10.8 Å². The van der Waals surface area contributed by atoms with Gasteiger partial charge in [0.2, 0.25) is 0 Å². The Morgan fingerprint density at radius 3 is 1.50 bits per heavy atom. The van der Waals surface area contributed by atoms with Crippen molar-refractivity contribution in [3.63, 3.8) is 0 Å². The van der Waals surface area contributed by atoms with Gasteiger partial charge in [-0.1, -0.05) is 24.3 Å². The molecule has 2 aromatic rings. The monoisotopic (exact) mass is 276 g/mol. The summed E-state index contributed by atoms with van der Waals surface area (Å²) in [5.74, 6) is -2.76. The Hall–Kier alpha value is -2.76. The fraction of sp³-hybridized carbons (Fsp3) is 0.143. The number of rotatable bonds is 2. The van der Waals surface area contributed by atoms with Gasteiger partial charge in [-0.05, 0) is 0 Å². The number of benzene rings is 2. The van der Waals surface area contributed by atoms with Gasteiger partial charge in [0.15, 0.2) is 0 Å². The second kappa shape index (κ2) is 5.08. The number of carbonyl (C=O) groups excluding carboxylic acids is 2. The topological polar surface area (TPSA) is 93.1 Å². The number of phenols is 2. The van der Waals surface area contributed by atoms with Gasteiger partial charge in [-0.3, -0.25) is 0 Å². The second-order valence-electron chi connectivity index (χ2n) is 3.98. The highest BCUT2D eigenvalue weighted by Gasteiger charge is 2.29. The third-order valence-electron chi connectivity index (χ3n) is 2.94. The molecule has 0 aliphatic heterocycles. The van der Waals surface area contributed by atoms with Crippen LogP contribution in [-0.2, 0) is 9.47 Å². The molecule has 6 nitrogen and oxygen atoms in total. The first-order valence-electron chi connectivity index (χ1n) is 5.66. The SMILES string of the molecule is COC(=O)c1c(C(=O)OC)c(O)c2ccccc2c1O. The lowest BCUT2D eigenvalue weighted by atomic mass is 9.97. The maximum atomic E-state index is 11.8. The molecule has 0 unspecified atom stereocenters. The minimum atomic E-state index is -0.941. The van der Waals surface area contributed by atoms with E-state index in [1.807, 2.05) is 0 Å². The van der Waals surface area contributed by atoms with Crippen molar-refractivity contribution < 1.29 is 29.3 Å². The van der Waals surface area contributed by atoms with Crippen molar-refractivity contribution in [2.75, 3.05) is 14.2 Å². The molecule has 0 heterocycles. The largest absolute Gasteiger partial charge is 0.506 e. The van der Waals surface area contributed by atoms with Gasteiger partial charge in [-0.25, -0.2) is 9.59 Å². The van der Waals surface area contributed by atoms with Crippen LogP contribution in [0.1, 0.15) is 20.7 Å². The lowest BCUT2D eigenvalue weighted by molar-refractivity contribution is 0.0549. The average Bonchev–Trinajstić information content (AvgIpc) is 2.49. The van der Waals surface area contributed by atoms with E-state index in [1.165, 1.54) is 12.1 Å². The number of methoxy groups -OCH3 is 2. The van der Waals surface area contributed by atoms with Crippen molar-refractivity contribution in [1.29, 1.82) is 0 Å². The maximum Gasteiger partial charge on any atom is 0.342 e. The average molecular weight is 276 g/mol. The van der Waals surface area contributed by atoms with Gasteiger partial charge in [0.25, 0.3) is 0 Å². The zero-order valence-electron chi connectivity index (χ0n) is 10.8. The highest BCUT2D eigenvalue weighted by atomic mass is 16.5. The number of fused-ring (bicyclic) bond motifs is 1. The number of carbonyl (C=O) groups is 2. The number of hydrogen-bond donors (Lipinski definition) is 2. The molecule has 0 fully saturated rings. The fourth-order valence-electron chi connectivity index (χ4n) is 2.00. The molecule has 0 spiro atoms. The van der Waals surface area contributed by atoms with Gasteiger partial charge in [-0.15, -0.1) is 0 Å². The van der Waals surface area contributed by atoms with Crippen molar-refractivity contribution in [3.8, 4) is 11.5 Å². The molecule has 0 saturated heterocycles. The molecule has 0 atom stereocenters. The summed E-state index contributed by atoms with van der Waals surface area (Å²) in [4.78, 5) is 23.5. The van der Waals surface area contributed by atoms with Crippen LogP contribution in [0.15, 0.2) is 24.3 Å². The minimum absolute atomic E-state index is 0.234. The Morgan fingerprint density at radius 2 is 1.20 bits per heavy atom. The first-order chi connectivity index (χ1) is 9.52. The fourth-order valence-corrected chi connectivity index (χ4v) is 2.00. The number of esters is 2. The van der Waals surface area contributed by atoms with E-state index in [0.29, 0.717) is 0 Å². The van der Waals surface area contributed by atoms with E-state index < -0.39 is 34.6 Å². The number of phenolic OH excluding ortho intramolecular Hbond substituents is 2. The molecule has 0 bridgehead atoms. The van der Waals surface area contributed by atoms with Crippen LogP contribution < -0.4 is 0 Å². The van der Waals surface area contributed by atoms with Crippen LogP contribution in [0.3, 0.4) is 0 Å². The summed E-state index contributed by atoms with van der Waals surface area (Å²) in [6.07, 6.45) is 0. The molecule has 0 radical (unpaired) electrons. The first-order valence-corrected chi connectivity index (χ1v) is 5.66. The second-order valence-corrected chi connectivity index (χ2v) is 3.98. The molecule has 0 saturated carbocycles. The molecular formula is C14H12O6. The highest BCUT2D eigenvalue weighted by Crippen LogP contribution is 2.40. The van der Waals surface area contributed by atoms with Crippen LogP contribution in [-0.4, -0.2) is 36.4 Å². The third kappa shape index (κ3) is 1.91. The van der Waals surface area contributed by atoms with Crippen LogP contribution >= 0.6 is 0 Å². The molecule has 0 amide bonds. The molecule has 2 N–H and O–H groups in total. The summed E-state index contributed by atoms with van der Waals surface area (Å²) < 4.78 is 9.08. The molecule has 6 heteroatoms. The van der Waals surface area contributed by atoms with Crippen LogP contribution in [0.2, 0.25) is 0 Å². The summed E-state index contributed by atoms with van der Waals surface area (Å²) in [5.41, 5.74) is -0.842. The zero-order valence-corrected chi connectivity index (χ0v) is 10.8. The maximum absolute atomic E-state index is 11.8. The lowest BCUT2D eigenvalue weighted by Crippen LogP contribution is -2.13. The molecule has 2 aromatic carbocycles. The normalized spacial score (nSPS) is 10.3. The highest BCUT2D eigenvalue weighted by molar-refractivity contribution is 6.14. The van der Waals surface area contributed by atoms with Crippen molar-refractivity contribution >= 4 is 22.7 Å². The Balaban J connectivity index is 2.96. The third-order valence-corrected chi connectivity index (χ3v) is 2.94. The standard InChI is InChI=1S/C14H12O6/c1-19-13(17)9-10(14(18)20-2)12(16)8-6-4-3-5-7(8)11(9)15/h3-6,15-16H,1-2H3. The summed E-state index contributed by atoms with van der Waals surface area (Å²) in [6.45, 7) is 0. The molecule has 20 heavy (non-hydrogen) atoms. The first kappa shape index (κ1) is 13.7. The summed E-state index contributed by atoms with van der Waals surface area (Å²) in [7, 11) is 2.21. The smallest absolute Gasteiger partial charge is 0.342 e. The zero-order chi connectivity index (χ0) is 14.9. The Labute approximate surface area is 114 Å². The summed E-state index contributed by atoms with van der Waals surface area (Å²) in [6, 6.07) is 6.27. The van der Waals surface area contributed by atoms with E-state index >= 15 is 0 Å². The van der Waals surface area contributed by atoms with Crippen molar-refractivity contribution in [3.05, 3.63) is 35.4 Å². The van der Waals surface area contributed by atoms with Gasteiger partial charge in [0, 0.05) is 10.8 Å². The molecule has 0 aliphatic rings. The van der Waals surface area contributed by atoms with Crippen molar-refractivity contribution in [2.24, 2.45) is 0 Å². The van der Waals surface area contributed by atoms with E-state index in [-0.39, 0.29) is 10.8 Å². The van der Waals surface area contributed by atoms with Crippen molar-refractivity contribution in [2.45, 2.75) is 0 Å². The molecule has 0 aromatic heterocycles. The van der Waals surface area contributed by atoms with Crippen LogP contribution in [0, 0.1) is 0 Å². The van der Waals surface area contributed by atoms with Gasteiger partial charge in [-0.2, -0.15) is 0 Å². The molecule has 0 aliphatic carbocycles. The van der Waals surface area contributed by atoms with Crippen molar-refractivity contribution in [1.82, 2.24) is 0 Å². The lowest BCUT2D eigenvalue weighted by Gasteiger charge is -2.13. The Morgan fingerprint density at radius 1 is 0.850 bits per heavy atom. The van der Waals surface area contributed by atoms with E-state index in [4.69, 9.17) is 0 Å². The Bertz CT molecular complexity index is 644. The van der Waals surface area contributed by atoms with Gasteiger partial charge in [0.05, 0.1) is 14.2 Å².